The van der Waals surface area contributed by atoms with Crippen LogP contribution < -0.4 is 29.0 Å². The Morgan fingerprint density at radius 2 is 1.61 bits per heavy atom. The third kappa shape index (κ3) is 5.52. The third-order valence-electron chi connectivity index (χ3n) is 8.16. The molecule has 3 aromatic rings. The fourth-order valence-corrected chi connectivity index (χ4v) is 6.21. The Labute approximate surface area is 240 Å². The van der Waals surface area contributed by atoms with Gasteiger partial charge in [0, 0.05) is 24.6 Å². The number of fused-ring (bicyclic) bond motifs is 2. The molecule has 0 fully saturated rings. The number of rotatable bonds is 10. The lowest BCUT2D eigenvalue weighted by Gasteiger charge is -2.38. The van der Waals surface area contributed by atoms with Crippen molar-refractivity contribution >= 4 is 5.91 Å². The van der Waals surface area contributed by atoms with Gasteiger partial charge in [-0.25, -0.2) is 0 Å². The highest BCUT2D eigenvalue weighted by Crippen LogP contribution is 2.47. The summed E-state index contributed by atoms with van der Waals surface area (Å²) in [5.41, 5.74) is 5.12. The van der Waals surface area contributed by atoms with Crippen LogP contribution in [-0.4, -0.2) is 70.7 Å². The summed E-state index contributed by atoms with van der Waals surface area (Å²) in [6.07, 6.45) is 1.15. The summed E-state index contributed by atoms with van der Waals surface area (Å²) in [6, 6.07) is 15.1. The van der Waals surface area contributed by atoms with E-state index in [0.717, 1.165) is 27.8 Å². The number of hydrogen-bond acceptors (Lipinski definition) is 8. The van der Waals surface area contributed by atoms with E-state index in [4.69, 9.17) is 23.7 Å². The number of nitrogens with zero attached hydrogens (tertiary/aromatic N) is 1. The molecule has 0 bridgehead atoms. The number of amides is 1. The van der Waals surface area contributed by atoms with Gasteiger partial charge in [0.2, 0.25) is 11.7 Å². The molecule has 0 aromatic heterocycles. The molecule has 3 aromatic carbocycles. The Morgan fingerprint density at radius 1 is 0.878 bits per heavy atom. The Balaban J connectivity index is 1.48. The maximum absolute atomic E-state index is 13.5. The number of ether oxygens (including phenoxy) is 5. The molecule has 0 spiro atoms. The van der Waals surface area contributed by atoms with E-state index in [1.54, 1.807) is 35.5 Å². The summed E-state index contributed by atoms with van der Waals surface area (Å²) in [7, 11) is 8.06. The van der Waals surface area contributed by atoms with Crippen LogP contribution in [0.1, 0.15) is 39.9 Å². The Hall–Kier alpha value is -3.95. The lowest BCUT2D eigenvalue weighted by atomic mass is 9.87. The lowest BCUT2D eigenvalue weighted by molar-refractivity contribution is -0.124. The molecule has 1 aliphatic heterocycles. The van der Waals surface area contributed by atoms with Crippen molar-refractivity contribution in [2.45, 2.75) is 37.5 Å². The smallest absolute Gasteiger partial charge is 0.234 e. The van der Waals surface area contributed by atoms with Crippen LogP contribution in [-0.2, 0) is 24.1 Å². The number of carbonyl (C=O) groups is 1. The predicted octanol–water partition coefficient (Wildman–Crippen LogP) is 3.65. The van der Waals surface area contributed by atoms with Gasteiger partial charge < -0.3 is 34.1 Å². The second-order valence-electron chi connectivity index (χ2n) is 10.4. The van der Waals surface area contributed by atoms with E-state index in [0.29, 0.717) is 54.6 Å². The van der Waals surface area contributed by atoms with Crippen LogP contribution in [0.2, 0.25) is 0 Å². The second kappa shape index (κ2) is 12.3. The third-order valence-corrected chi connectivity index (χ3v) is 8.16. The molecule has 0 saturated heterocycles. The first-order valence-corrected chi connectivity index (χ1v) is 13.7. The van der Waals surface area contributed by atoms with Crippen molar-refractivity contribution in [2.24, 2.45) is 0 Å². The minimum Gasteiger partial charge on any atom is -0.493 e. The van der Waals surface area contributed by atoms with Gasteiger partial charge in [-0.15, -0.1) is 0 Å². The highest BCUT2D eigenvalue weighted by Gasteiger charge is 2.36. The molecular formula is C32H38N2O7. The maximum Gasteiger partial charge on any atom is 0.234 e. The molecule has 1 unspecified atom stereocenters. The zero-order chi connectivity index (χ0) is 29.1. The highest BCUT2D eigenvalue weighted by molar-refractivity contribution is 5.79. The maximum atomic E-state index is 13.5. The summed E-state index contributed by atoms with van der Waals surface area (Å²) >= 11 is 0. The van der Waals surface area contributed by atoms with Gasteiger partial charge in [-0.3, -0.25) is 9.69 Å². The van der Waals surface area contributed by atoms with Crippen molar-refractivity contribution in [3.63, 3.8) is 0 Å². The number of carbonyl (C=O) groups excluding carboxylic acids is 1. The van der Waals surface area contributed by atoms with Crippen molar-refractivity contribution in [1.82, 2.24) is 10.2 Å². The Morgan fingerprint density at radius 3 is 2.32 bits per heavy atom. The molecule has 5 rings (SSSR count). The number of hydrogen-bond donors (Lipinski definition) is 2. The molecule has 2 aliphatic rings. The van der Waals surface area contributed by atoms with E-state index in [9.17, 15) is 9.90 Å². The zero-order valence-electron chi connectivity index (χ0n) is 24.2. The van der Waals surface area contributed by atoms with Gasteiger partial charge in [-0.1, -0.05) is 30.3 Å². The van der Waals surface area contributed by atoms with Crippen LogP contribution in [0.4, 0.5) is 0 Å². The SMILES string of the molecule is COc1ccc(CC2c3cc(OC)c(OC)c(OC)c3CCN2CC(=O)N[C@H]2c3ccccc3C[C@H]2O)cc1OC. The van der Waals surface area contributed by atoms with Gasteiger partial charge in [-0.05, 0) is 53.3 Å². The summed E-state index contributed by atoms with van der Waals surface area (Å²) in [4.78, 5) is 15.7. The zero-order valence-corrected chi connectivity index (χ0v) is 24.2. The number of benzene rings is 3. The van der Waals surface area contributed by atoms with Crippen molar-refractivity contribution in [3.05, 3.63) is 76.3 Å². The van der Waals surface area contributed by atoms with Crippen LogP contribution in [0, 0.1) is 0 Å². The standard InChI is InChI=1S/C32H38N2O7/c1-37-26-11-10-19(15-27(26)38-2)14-24-23-17-28(39-3)32(41-5)31(40-4)22(23)12-13-34(24)18-29(36)33-30-21-9-7-6-8-20(21)16-25(30)35/h6-11,15,17,24-25,30,35H,12-14,16,18H2,1-5H3,(H,33,36)/t24?,25-,30+/m1/s1. The van der Waals surface area contributed by atoms with Gasteiger partial charge in [0.1, 0.15) is 0 Å². The van der Waals surface area contributed by atoms with Crippen molar-refractivity contribution < 1.29 is 33.6 Å². The number of aliphatic hydroxyl groups excluding tert-OH is 1. The summed E-state index contributed by atoms with van der Waals surface area (Å²) in [5.74, 6) is 2.92. The van der Waals surface area contributed by atoms with Crippen LogP contribution in [0.15, 0.2) is 48.5 Å². The first-order chi connectivity index (χ1) is 19.9. The molecule has 1 aliphatic carbocycles. The van der Waals surface area contributed by atoms with Gasteiger partial charge >= 0.3 is 0 Å². The number of nitrogens with one attached hydrogen (secondary N) is 1. The number of aliphatic hydroxyl groups is 1. The van der Waals surface area contributed by atoms with Crippen LogP contribution in [0.5, 0.6) is 28.7 Å². The highest BCUT2D eigenvalue weighted by atomic mass is 16.5. The molecule has 1 amide bonds. The van der Waals surface area contributed by atoms with E-state index in [1.807, 2.05) is 48.5 Å². The van der Waals surface area contributed by atoms with Crippen LogP contribution in [0.3, 0.4) is 0 Å². The molecular weight excluding hydrogens is 524 g/mol. The molecule has 0 saturated carbocycles. The summed E-state index contributed by atoms with van der Waals surface area (Å²) in [5, 5.41) is 13.8. The average molecular weight is 563 g/mol. The summed E-state index contributed by atoms with van der Waals surface area (Å²) in [6.45, 7) is 0.799. The van der Waals surface area contributed by atoms with Gasteiger partial charge in [-0.2, -0.15) is 0 Å². The molecule has 1 heterocycles. The minimum absolute atomic E-state index is 0.140. The molecule has 3 atom stereocenters. The minimum atomic E-state index is -0.651. The van der Waals surface area contributed by atoms with Crippen LogP contribution in [0.25, 0.3) is 0 Å². The van der Waals surface area contributed by atoms with Gasteiger partial charge in [0.15, 0.2) is 23.0 Å². The number of methoxy groups -OCH3 is 5. The molecule has 218 valence electrons. The quantitative estimate of drug-likeness (QED) is 0.387. The lowest BCUT2D eigenvalue weighted by Crippen LogP contribution is -2.45. The van der Waals surface area contributed by atoms with Gasteiger partial charge in [0.05, 0.1) is 54.2 Å². The first kappa shape index (κ1) is 28.6. The molecule has 9 nitrogen and oxygen atoms in total. The van der Waals surface area contributed by atoms with E-state index in [-0.39, 0.29) is 18.5 Å². The van der Waals surface area contributed by atoms with E-state index in [1.165, 1.54) is 0 Å². The van der Waals surface area contributed by atoms with Crippen LogP contribution >= 0.6 is 0 Å². The second-order valence-corrected chi connectivity index (χ2v) is 10.4. The monoisotopic (exact) mass is 562 g/mol. The first-order valence-electron chi connectivity index (χ1n) is 13.7. The largest absolute Gasteiger partial charge is 0.493 e. The van der Waals surface area contributed by atoms with E-state index < -0.39 is 12.1 Å². The normalized spacial score (nSPS) is 19.6. The topological polar surface area (TPSA) is 98.7 Å². The van der Waals surface area contributed by atoms with Gasteiger partial charge in [0.25, 0.3) is 0 Å². The Bertz CT molecular complexity index is 1410. The van der Waals surface area contributed by atoms with Crippen molar-refractivity contribution in [1.29, 1.82) is 0 Å². The average Bonchev–Trinajstić information content (AvgIpc) is 3.31. The predicted molar refractivity (Wildman–Crippen MR) is 154 cm³/mol. The summed E-state index contributed by atoms with van der Waals surface area (Å²) < 4.78 is 28.2. The van der Waals surface area contributed by atoms with Crippen molar-refractivity contribution in [2.75, 3.05) is 48.6 Å². The molecule has 9 heteroatoms. The van der Waals surface area contributed by atoms with E-state index >= 15 is 0 Å². The Kier molecular flexibility index (Phi) is 8.56. The van der Waals surface area contributed by atoms with Crippen molar-refractivity contribution in [3.8, 4) is 28.7 Å². The molecule has 2 N–H and O–H groups in total. The molecule has 41 heavy (non-hydrogen) atoms. The fraction of sp³-hybridized carbons (Fsp3) is 0.406. The fourth-order valence-electron chi connectivity index (χ4n) is 6.21. The van der Waals surface area contributed by atoms with E-state index in [2.05, 4.69) is 10.2 Å². The molecule has 0 radical (unpaired) electrons.